The summed E-state index contributed by atoms with van der Waals surface area (Å²) in [5, 5.41) is 10.3. The van der Waals surface area contributed by atoms with E-state index in [9.17, 15) is 19.7 Å². The molecule has 1 saturated heterocycles. The summed E-state index contributed by atoms with van der Waals surface area (Å²) in [5.74, 6) is -1.29. The molecule has 0 bridgehead atoms. The second kappa shape index (κ2) is 4.95. The number of nitro groups is 1. The molecule has 1 aliphatic heterocycles. The van der Waals surface area contributed by atoms with E-state index in [1.807, 2.05) is 0 Å². The van der Waals surface area contributed by atoms with Gasteiger partial charge in [-0.3, -0.25) is 19.7 Å². The van der Waals surface area contributed by atoms with Crippen molar-refractivity contribution in [3.63, 3.8) is 0 Å². The molecule has 0 saturated carbocycles. The Balaban J connectivity index is 2.26. The molecule has 0 N–H and O–H groups in total. The van der Waals surface area contributed by atoms with Crippen molar-refractivity contribution in [1.82, 2.24) is 0 Å². The van der Waals surface area contributed by atoms with Gasteiger partial charge in [0, 0.05) is 11.1 Å². The highest BCUT2D eigenvalue weighted by molar-refractivity contribution is 8.00. The van der Waals surface area contributed by atoms with Crippen LogP contribution in [0.1, 0.15) is 6.42 Å². The molecule has 18 heavy (non-hydrogen) atoms. The Labute approximate surface area is 110 Å². The Kier molecular flexibility index (Phi) is 3.53. The second-order valence-corrected chi connectivity index (χ2v) is 5.15. The van der Waals surface area contributed by atoms with E-state index in [2.05, 4.69) is 4.74 Å². The molecule has 1 heterocycles. The Morgan fingerprint density at radius 1 is 1.44 bits per heavy atom. The fraction of sp³-hybridized carbons (Fsp3) is 0.200. The maximum atomic E-state index is 11.3. The highest BCUT2D eigenvalue weighted by Crippen LogP contribution is 2.37. The van der Waals surface area contributed by atoms with Crippen LogP contribution in [0.2, 0.25) is 5.02 Å². The van der Waals surface area contributed by atoms with E-state index in [4.69, 9.17) is 11.6 Å². The van der Waals surface area contributed by atoms with Gasteiger partial charge in [-0.05, 0) is 12.1 Å². The van der Waals surface area contributed by atoms with Crippen molar-refractivity contribution >= 4 is 41.0 Å². The fourth-order valence-electron chi connectivity index (χ4n) is 1.43. The number of benzene rings is 1. The number of rotatable bonds is 3. The number of esters is 2. The van der Waals surface area contributed by atoms with Crippen LogP contribution in [-0.2, 0) is 14.3 Å². The number of hydrogen-bond acceptors (Lipinski definition) is 6. The maximum absolute atomic E-state index is 11.3. The second-order valence-electron chi connectivity index (χ2n) is 3.47. The lowest BCUT2D eigenvalue weighted by Gasteiger charge is -2.05. The minimum atomic E-state index is -0.739. The molecule has 0 spiro atoms. The molecule has 0 radical (unpaired) electrons. The number of nitrogens with zero attached hydrogens (tertiary/aromatic N) is 1. The van der Waals surface area contributed by atoms with Crippen LogP contribution in [0, 0.1) is 10.1 Å². The minimum absolute atomic E-state index is 0.0801. The number of carbonyl (C=O) groups excluding carboxylic acids is 2. The molecule has 0 amide bonds. The van der Waals surface area contributed by atoms with Crippen molar-refractivity contribution in [2.24, 2.45) is 0 Å². The van der Waals surface area contributed by atoms with Crippen LogP contribution in [0.5, 0.6) is 0 Å². The van der Waals surface area contributed by atoms with Gasteiger partial charge in [0.25, 0.3) is 5.69 Å². The van der Waals surface area contributed by atoms with Gasteiger partial charge in [0.05, 0.1) is 16.2 Å². The summed E-state index contributed by atoms with van der Waals surface area (Å²) in [7, 11) is 0. The number of cyclic esters (lactones) is 2. The van der Waals surface area contributed by atoms with Gasteiger partial charge < -0.3 is 4.74 Å². The Hall–Kier alpha value is -1.60. The molecule has 1 fully saturated rings. The zero-order valence-electron chi connectivity index (χ0n) is 8.79. The van der Waals surface area contributed by atoms with E-state index in [0.29, 0.717) is 0 Å². The van der Waals surface area contributed by atoms with E-state index in [1.165, 1.54) is 18.2 Å². The van der Waals surface area contributed by atoms with Crippen LogP contribution in [0.15, 0.2) is 23.1 Å². The Bertz CT molecular complexity index is 547. The third kappa shape index (κ3) is 2.62. The first-order valence-electron chi connectivity index (χ1n) is 4.82. The van der Waals surface area contributed by atoms with Gasteiger partial charge in [-0.1, -0.05) is 11.6 Å². The summed E-state index contributed by atoms with van der Waals surface area (Å²) in [6.07, 6.45) is -0.0801. The largest absolute Gasteiger partial charge is 0.392 e. The van der Waals surface area contributed by atoms with Crippen molar-refractivity contribution < 1.29 is 19.2 Å². The number of nitro benzene ring substituents is 1. The molecule has 1 atom stereocenters. The molecular formula is C10H6ClNO5S. The molecule has 0 aliphatic carbocycles. The highest BCUT2D eigenvalue weighted by Gasteiger charge is 2.35. The number of thioether (sulfide) groups is 1. The van der Waals surface area contributed by atoms with Gasteiger partial charge in [-0.25, -0.2) is 0 Å². The van der Waals surface area contributed by atoms with Crippen LogP contribution in [0.3, 0.4) is 0 Å². The quantitative estimate of drug-likeness (QED) is 0.366. The molecule has 1 unspecified atom stereocenters. The Morgan fingerprint density at radius 3 is 2.72 bits per heavy atom. The van der Waals surface area contributed by atoms with Crippen LogP contribution >= 0.6 is 23.4 Å². The smallest absolute Gasteiger partial charge is 0.327 e. The number of ether oxygens (including phenoxy) is 1. The Morgan fingerprint density at radius 2 is 2.17 bits per heavy atom. The van der Waals surface area contributed by atoms with Gasteiger partial charge in [-0.15, -0.1) is 11.8 Å². The highest BCUT2D eigenvalue weighted by atomic mass is 35.5. The number of carbonyl (C=O) groups is 2. The van der Waals surface area contributed by atoms with Crippen molar-refractivity contribution in [1.29, 1.82) is 0 Å². The SMILES string of the molecule is O=C1CC(Sc2ccc(Cl)cc2[N+](=O)[O-])C(=O)O1. The van der Waals surface area contributed by atoms with Crippen LogP contribution in [0.25, 0.3) is 0 Å². The molecule has 8 heteroatoms. The molecule has 2 rings (SSSR count). The lowest BCUT2D eigenvalue weighted by molar-refractivity contribution is -0.387. The van der Waals surface area contributed by atoms with Crippen LogP contribution < -0.4 is 0 Å². The summed E-state index contributed by atoms with van der Waals surface area (Å²) in [5.41, 5.74) is -0.195. The summed E-state index contributed by atoms with van der Waals surface area (Å²) in [6, 6.07) is 4.13. The molecule has 1 aromatic carbocycles. The van der Waals surface area contributed by atoms with E-state index < -0.39 is 22.1 Å². The minimum Gasteiger partial charge on any atom is -0.392 e. The summed E-state index contributed by atoms with van der Waals surface area (Å²) < 4.78 is 4.38. The van der Waals surface area contributed by atoms with Crippen LogP contribution in [0.4, 0.5) is 5.69 Å². The first kappa shape index (κ1) is 12.8. The third-order valence-corrected chi connectivity index (χ3v) is 3.69. The van der Waals surface area contributed by atoms with E-state index >= 15 is 0 Å². The predicted molar refractivity (Wildman–Crippen MR) is 63.5 cm³/mol. The van der Waals surface area contributed by atoms with E-state index in [0.717, 1.165) is 11.8 Å². The zero-order valence-corrected chi connectivity index (χ0v) is 10.4. The van der Waals surface area contributed by atoms with Gasteiger partial charge in [0.1, 0.15) is 5.25 Å². The lowest BCUT2D eigenvalue weighted by atomic mass is 10.3. The third-order valence-electron chi connectivity index (χ3n) is 2.22. The van der Waals surface area contributed by atoms with Gasteiger partial charge >= 0.3 is 11.9 Å². The molecule has 1 aliphatic rings. The number of halogens is 1. The first-order valence-corrected chi connectivity index (χ1v) is 6.08. The van der Waals surface area contributed by atoms with Crippen molar-refractivity contribution in [2.45, 2.75) is 16.6 Å². The molecular weight excluding hydrogens is 282 g/mol. The monoisotopic (exact) mass is 287 g/mol. The normalized spacial score (nSPS) is 18.8. The van der Waals surface area contributed by atoms with Gasteiger partial charge in [0.15, 0.2) is 0 Å². The lowest BCUT2D eigenvalue weighted by Crippen LogP contribution is -2.09. The average molecular weight is 288 g/mol. The summed E-state index contributed by atoms with van der Waals surface area (Å²) >= 11 is 6.60. The van der Waals surface area contributed by atoms with Crippen molar-refractivity contribution in [2.75, 3.05) is 0 Å². The van der Waals surface area contributed by atoms with E-state index in [1.54, 1.807) is 0 Å². The first-order chi connectivity index (χ1) is 8.47. The summed E-state index contributed by atoms with van der Waals surface area (Å²) in [4.78, 5) is 32.7. The predicted octanol–water partition coefficient (Wildman–Crippen LogP) is 2.18. The van der Waals surface area contributed by atoms with Gasteiger partial charge in [0.2, 0.25) is 0 Å². The van der Waals surface area contributed by atoms with Crippen LogP contribution in [-0.4, -0.2) is 22.1 Å². The standard InChI is InChI=1S/C10H6ClNO5S/c11-5-1-2-7(6(3-5)12(15)16)18-8-4-9(13)17-10(8)14/h1-3,8H,4H2. The topological polar surface area (TPSA) is 86.5 Å². The number of hydrogen-bond donors (Lipinski definition) is 0. The fourth-order valence-corrected chi connectivity index (χ4v) is 2.67. The van der Waals surface area contributed by atoms with Gasteiger partial charge in [-0.2, -0.15) is 0 Å². The zero-order chi connectivity index (χ0) is 13.3. The average Bonchev–Trinajstić information content (AvgIpc) is 2.60. The van der Waals surface area contributed by atoms with Crippen molar-refractivity contribution in [3.05, 3.63) is 33.3 Å². The molecule has 1 aromatic rings. The molecule has 0 aromatic heterocycles. The van der Waals surface area contributed by atoms with Crippen molar-refractivity contribution in [3.8, 4) is 0 Å². The molecule has 6 nitrogen and oxygen atoms in total. The van der Waals surface area contributed by atoms with E-state index in [-0.39, 0.29) is 22.0 Å². The maximum Gasteiger partial charge on any atom is 0.327 e. The summed E-state index contributed by atoms with van der Waals surface area (Å²) in [6.45, 7) is 0. The molecule has 94 valence electrons.